The van der Waals surface area contributed by atoms with E-state index in [1.807, 2.05) is 6.07 Å². The molecule has 0 aliphatic carbocycles. The van der Waals surface area contributed by atoms with Crippen molar-refractivity contribution in [3.05, 3.63) is 156 Å². The first-order chi connectivity index (χ1) is 33.0. The third-order valence-corrected chi connectivity index (χ3v) is 9.64. The van der Waals surface area contributed by atoms with Crippen molar-refractivity contribution in [2.24, 2.45) is 0 Å². The maximum absolute atomic E-state index is 10.6. The molecular weight excluding hydrogens is 917 g/mol. The van der Waals surface area contributed by atoms with E-state index in [1.165, 1.54) is 0 Å². The Balaban J connectivity index is 0.000000438. The van der Waals surface area contributed by atoms with Gasteiger partial charge in [-0.25, -0.2) is 29.9 Å². The van der Waals surface area contributed by atoms with Crippen molar-refractivity contribution in [1.29, 1.82) is 15.9 Å². The lowest BCUT2D eigenvalue weighted by Crippen LogP contribution is -2.20. The molecule has 2 aromatic rings. The van der Waals surface area contributed by atoms with Crippen LogP contribution >= 0.6 is 0 Å². The van der Waals surface area contributed by atoms with Gasteiger partial charge in [0, 0.05) is 30.1 Å². The van der Waals surface area contributed by atoms with Crippen LogP contribution in [-0.2, 0) is 19.1 Å². The number of carboxylic acids is 2. The van der Waals surface area contributed by atoms with Gasteiger partial charge in [0.05, 0.1) is 57.3 Å². The van der Waals surface area contributed by atoms with E-state index in [0.717, 1.165) is 18.4 Å². The summed E-state index contributed by atoms with van der Waals surface area (Å²) < 4.78 is 62.0. The molecule has 0 saturated carbocycles. The van der Waals surface area contributed by atoms with Crippen molar-refractivity contribution in [3.8, 4) is 23.6 Å². The summed E-state index contributed by atoms with van der Waals surface area (Å²) in [7, 11) is -6.00. The molecule has 0 unspecified atom stereocenters. The molecule has 22 heteroatoms. The molecule has 2 aliphatic rings. The smallest absolute Gasteiger partial charge is 0.505 e. The number of nitrogens with two attached hydrogens (primary N) is 1. The molecule has 0 spiro atoms. The summed E-state index contributed by atoms with van der Waals surface area (Å²) in [6.45, 7) is 37.1. The molecule has 2 heterocycles. The highest BCUT2D eigenvalue weighted by Crippen LogP contribution is 2.43. The average molecular weight is 964 g/mol. The van der Waals surface area contributed by atoms with E-state index in [-0.39, 0.29) is 52.8 Å². The van der Waals surface area contributed by atoms with Crippen molar-refractivity contribution in [2.75, 3.05) is 18.9 Å². The van der Waals surface area contributed by atoms with E-state index in [1.54, 1.807) is 94.5 Å². The summed E-state index contributed by atoms with van der Waals surface area (Å²) in [4.78, 5) is 37.6. The fourth-order valence-electron chi connectivity index (χ4n) is 6.33. The lowest BCUT2D eigenvalue weighted by Gasteiger charge is -2.22. The number of diazo groups is 1. The second kappa shape index (κ2) is 26.9. The molecule has 0 atom stereocenters. The average Bonchev–Trinajstić information content (AvgIpc) is 3.71. The van der Waals surface area contributed by atoms with Crippen LogP contribution in [0, 0.1) is 54.3 Å². The van der Waals surface area contributed by atoms with Crippen LogP contribution in [0.25, 0.3) is 36.5 Å². The molecule has 0 radical (unpaired) electrons. The van der Waals surface area contributed by atoms with E-state index in [0.29, 0.717) is 72.8 Å². The number of nitriles is 2. The topological polar surface area (TPSA) is 231 Å². The van der Waals surface area contributed by atoms with E-state index in [4.69, 9.17) is 66.4 Å². The number of halogens is 4. The van der Waals surface area contributed by atoms with Gasteiger partial charge in [-0.3, -0.25) is 9.59 Å². The number of benzene rings is 2. The zero-order valence-electron chi connectivity index (χ0n) is 38.4. The van der Waals surface area contributed by atoms with Crippen LogP contribution in [0.4, 0.5) is 28.6 Å². The molecule has 0 amide bonds. The first-order valence-corrected chi connectivity index (χ1v) is 21.0. The van der Waals surface area contributed by atoms with Gasteiger partial charge in [0.2, 0.25) is 22.5 Å². The van der Waals surface area contributed by atoms with Crippen molar-refractivity contribution in [2.45, 2.75) is 90.3 Å². The first-order valence-electron chi connectivity index (χ1n) is 21.0. The molecule has 0 aromatic heterocycles. The summed E-state index contributed by atoms with van der Waals surface area (Å²) in [5.74, 6) is -0.765. The molecule has 2 aliphatic heterocycles. The number of aliphatic carboxylic acids is 2. The molecule has 4 rings (SSSR count). The molecule has 2 aromatic carbocycles. The summed E-state index contributed by atoms with van der Waals surface area (Å²) in [5.41, 5.74) is 7.28. The van der Waals surface area contributed by atoms with Crippen LogP contribution in [0.1, 0.15) is 90.2 Å². The minimum Gasteiger partial charge on any atom is -0.505 e. The van der Waals surface area contributed by atoms with Gasteiger partial charge in [-0.2, -0.15) is 0 Å². The largest absolute Gasteiger partial charge is 0.673 e. The van der Waals surface area contributed by atoms with E-state index in [9.17, 15) is 37.5 Å². The fraction of sp³-hybridized carbons (Fsp3) is 0.333. The third-order valence-electron chi connectivity index (χ3n) is 9.64. The quantitative estimate of drug-likeness (QED) is 0.0241. The summed E-state index contributed by atoms with van der Waals surface area (Å²) in [5, 5.41) is 44.9. The number of carboxylic acid groups (broad SMARTS) is 2. The van der Waals surface area contributed by atoms with Gasteiger partial charge in [0.15, 0.2) is 4.98 Å². The van der Waals surface area contributed by atoms with E-state index in [2.05, 4.69) is 24.4 Å². The first kappa shape index (κ1) is 57.1. The SMILES string of the molecule is F[B-](F)(F)F.[C-]#[N+]C1=C(/C=C/c2ccc(N)c(OCCCCCC(=O)O)c2)C(C)(C)O/C1=C(\C#N)[N+]#[C-].[C-]#[N+]C1=C(/C=C/c2ccc([N+]#N)c(OCCCCCC(=O)O)c2)C(C)(C)O/C1=C(\C#N)[N+]#[C-]. The van der Waals surface area contributed by atoms with Gasteiger partial charge in [0.25, 0.3) is 11.4 Å². The number of ether oxygens (including phenoxy) is 4. The van der Waals surface area contributed by atoms with Gasteiger partial charge in [0.1, 0.15) is 28.5 Å². The van der Waals surface area contributed by atoms with Crippen LogP contribution in [0.3, 0.4) is 0 Å². The Hall–Kier alpha value is -9.04. The van der Waals surface area contributed by atoms with Gasteiger partial charge in [-0.15, -0.1) is 0 Å². The highest BCUT2D eigenvalue weighted by Gasteiger charge is 2.39. The van der Waals surface area contributed by atoms with Crippen molar-refractivity contribution < 1.29 is 56.0 Å². The fourth-order valence-corrected chi connectivity index (χ4v) is 6.33. The maximum Gasteiger partial charge on any atom is 0.673 e. The van der Waals surface area contributed by atoms with Crippen LogP contribution < -0.4 is 15.2 Å². The predicted octanol–water partition coefficient (Wildman–Crippen LogP) is 12.1. The van der Waals surface area contributed by atoms with Crippen molar-refractivity contribution in [3.63, 3.8) is 0 Å². The second-order valence-electron chi connectivity index (χ2n) is 15.7. The minimum atomic E-state index is -6.00. The molecule has 70 heavy (non-hydrogen) atoms. The number of rotatable bonds is 18. The number of nitrogen functional groups attached to an aromatic ring is 1. The predicted molar refractivity (Wildman–Crippen MR) is 250 cm³/mol. The molecule has 0 bridgehead atoms. The zero-order valence-corrected chi connectivity index (χ0v) is 38.4. The Morgan fingerprint density at radius 3 is 1.47 bits per heavy atom. The highest BCUT2D eigenvalue weighted by atomic mass is 19.5. The van der Waals surface area contributed by atoms with Crippen molar-refractivity contribution >= 4 is 42.7 Å². The normalized spacial score (nSPS) is 15.6. The third kappa shape index (κ3) is 18.0. The Morgan fingerprint density at radius 1 is 0.700 bits per heavy atom. The van der Waals surface area contributed by atoms with Crippen LogP contribution in [0.5, 0.6) is 11.5 Å². The van der Waals surface area contributed by atoms with Crippen molar-refractivity contribution in [1.82, 2.24) is 0 Å². The number of allylic oxidation sites excluding steroid dienone is 2. The standard InChI is InChI=1S/C24H21N5O4.C24H24N4O4.BF4/c1-24(2)17(22(28-4)23(33-24)19(15-25)27-3)11-9-16-10-12-18(29-26)20(14-16)32-13-7-5-6-8-21(30)31;1-24(2)17(22(28-4)23(32-24)19(15-25)27-3)11-9-16-10-12-18(26)20(14-16)31-13-7-5-6-8-21(29)30;2-1(3,4)5/h9-12,14H,5-8,13H2,1-2H3;9-12,14H,5-8,13,26H2,1-2H3,(H,29,30);/q;;-1/p+1/b2*11-9+,23-19+;. The highest BCUT2D eigenvalue weighted by molar-refractivity contribution is 6.50. The Labute approximate surface area is 402 Å². The summed E-state index contributed by atoms with van der Waals surface area (Å²) in [6.07, 6.45) is 11.2. The monoisotopic (exact) mass is 963 g/mol. The second-order valence-corrected chi connectivity index (χ2v) is 15.7. The molecule has 0 fully saturated rings. The molecule has 17 nitrogen and oxygen atoms in total. The summed E-state index contributed by atoms with van der Waals surface area (Å²) in [6, 6.07) is 13.8. The Kier molecular flexibility index (Phi) is 22.0. The minimum absolute atomic E-state index is 0.00590. The van der Waals surface area contributed by atoms with E-state index >= 15 is 0 Å². The lowest BCUT2D eigenvalue weighted by atomic mass is 9.96. The van der Waals surface area contributed by atoms with Crippen LogP contribution in [0.15, 0.2) is 94.0 Å². The molecular formula is C48H46BF4N9O8. The molecule has 362 valence electrons. The van der Waals surface area contributed by atoms with Gasteiger partial charge in [-0.05, 0) is 102 Å². The molecule has 4 N–H and O–H groups in total. The summed E-state index contributed by atoms with van der Waals surface area (Å²) >= 11 is 0. The van der Waals surface area contributed by atoms with E-state index < -0.39 is 30.4 Å². The number of unbranched alkanes of at least 4 members (excludes halogenated alkanes) is 4. The van der Waals surface area contributed by atoms with Gasteiger partial charge < -0.3 is 52.2 Å². The Morgan fingerprint density at radius 2 is 1.10 bits per heavy atom. The van der Waals surface area contributed by atoms with Gasteiger partial charge in [-0.1, -0.05) is 30.4 Å². The number of anilines is 1. The van der Waals surface area contributed by atoms with Gasteiger partial charge >= 0.3 is 24.9 Å². The Bertz CT molecular complexity index is 2760. The number of hydrogen-bond donors (Lipinski definition) is 3. The maximum atomic E-state index is 10.6. The number of nitrogens with zero attached hydrogens (tertiary/aromatic N) is 8. The number of hydrogen-bond acceptors (Lipinski definition) is 10. The molecule has 0 saturated heterocycles. The zero-order chi connectivity index (χ0) is 52.7. The van der Waals surface area contributed by atoms with Crippen LogP contribution in [-0.4, -0.2) is 53.8 Å². The lowest BCUT2D eigenvalue weighted by molar-refractivity contribution is -0.138. The van der Waals surface area contributed by atoms with Crippen LogP contribution in [0.2, 0.25) is 0 Å². The number of carbonyl (C=O) groups is 2.